The van der Waals surface area contributed by atoms with Gasteiger partial charge >= 0.3 is 0 Å². The van der Waals surface area contributed by atoms with E-state index in [4.69, 9.17) is 17.3 Å². The molecule has 2 rings (SSSR count). The van der Waals surface area contributed by atoms with Gasteiger partial charge in [0.15, 0.2) is 0 Å². The third-order valence-corrected chi connectivity index (χ3v) is 3.76. The maximum absolute atomic E-state index is 13.3. The Morgan fingerprint density at radius 2 is 1.94 bits per heavy atom. The summed E-state index contributed by atoms with van der Waals surface area (Å²) >= 11 is 5.67. The number of halogens is 2. The predicted molar refractivity (Wildman–Crippen MR) is 70.9 cm³/mol. The fourth-order valence-electron chi connectivity index (χ4n) is 2.31. The first kappa shape index (κ1) is 12.5. The van der Waals surface area contributed by atoms with E-state index < -0.39 is 5.82 Å². The highest BCUT2D eigenvalue weighted by molar-refractivity contribution is 6.31. The van der Waals surface area contributed by atoms with Gasteiger partial charge in [0.25, 0.3) is 0 Å². The normalized spacial score (nSPS) is 24.6. The summed E-state index contributed by atoms with van der Waals surface area (Å²) in [7, 11) is 0. The van der Waals surface area contributed by atoms with Crippen molar-refractivity contribution in [2.75, 3.05) is 11.1 Å². The first-order valence-corrected chi connectivity index (χ1v) is 6.45. The van der Waals surface area contributed by atoms with Crippen LogP contribution in [0.2, 0.25) is 5.02 Å². The lowest BCUT2D eigenvalue weighted by Gasteiger charge is -2.28. The van der Waals surface area contributed by atoms with Crippen LogP contribution in [0.3, 0.4) is 0 Å². The van der Waals surface area contributed by atoms with Crippen LogP contribution in [0.5, 0.6) is 0 Å². The smallest absolute Gasteiger partial charge is 0.143 e. The van der Waals surface area contributed by atoms with Crippen LogP contribution in [-0.4, -0.2) is 6.04 Å². The number of hydrogen-bond donors (Lipinski definition) is 2. The molecule has 1 aliphatic carbocycles. The number of rotatable bonds is 2. The van der Waals surface area contributed by atoms with Crippen molar-refractivity contribution in [2.24, 2.45) is 5.92 Å². The van der Waals surface area contributed by atoms with E-state index in [9.17, 15) is 4.39 Å². The van der Waals surface area contributed by atoms with Gasteiger partial charge < -0.3 is 11.1 Å². The van der Waals surface area contributed by atoms with Crippen molar-refractivity contribution in [1.29, 1.82) is 0 Å². The summed E-state index contributed by atoms with van der Waals surface area (Å²) in [5.41, 5.74) is 6.99. The molecule has 1 aliphatic rings. The van der Waals surface area contributed by atoms with Crippen molar-refractivity contribution in [2.45, 2.75) is 38.6 Å². The molecule has 0 saturated heterocycles. The van der Waals surface area contributed by atoms with E-state index in [-0.39, 0.29) is 5.02 Å². The van der Waals surface area contributed by atoms with Gasteiger partial charge in [0.2, 0.25) is 0 Å². The van der Waals surface area contributed by atoms with Gasteiger partial charge in [-0.25, -0.2) is 4.39 Å². The molecule has 17 heavy (non-hydrogen) atoms. The lowest BCUT2D eigenvalue weighted by atomic mass is 9.87. The van der Waals surface area contributed by atoms with Gasteiger partial charge in [-0.2, -0.15) is 0 Å². The molecule has 1 aromatic carbocycles. The molecular weight excluding hydrogens is 239 g/mol. The minimum atomic E-state index is -0.424. The molecule has 0 unspecified atom stereocenters. The number of anilines is 2. The number of nitrogens with two attached hydrogens (primary N) is 1. The number of hydrogen-bond acceptors (Lipinski definition) is 2. The van der Waals surface area contributed by atoms with E-state index in [0.717, 1.165) is 18.8 Å². The molecule has 0 aliphatic heterocycles. The molecule has 3 N–H and O–H groups in total. The molecule has 94 valence electrons. The van der Waals surface area contributed by atoms with Crippen molar-refractivity contribution in [1.82, 2.24) is 0 Å². The first-order chi connectivity index (χ1) is 8.06. The largest absolute Gasteiger partial charge is 0.397 e. The minimum Gasteiger partial charge on any atom is -0.397 e. The molecule has 1 saturated carbocycles. The van der Waals surface area contributed by atoms with Gasteiger partial charge in [-0.05, 0) is 37.7 Å². The van der Waals surface area contributed by atoms with Gasteiger partial charge in [0.05, 0.1) is 16.4 Å². The molecule has 0 spiro atoms. The maximum Gasteiger partial charge on any atom is 0.143 e. The van der Waals surface area contributed by atoms with Gasteiger partial charge in [-0.3, -0.25) is 0 Å². The van der Waals surface area contributed by atoms with Gasteiger partial charge in [0, 0.05) is 12.1 Å². The average molecular weight is 257 g/mol. The molecule has 0 aromatic heterocycles. The fraction of sp³-hybridized carbons (Fsp3) is 0.538. The fourth-order valence-corrected chi connectivity index (χ4v) is 2.48. The van der Waals surface area contributed by atoms with Crippen molar-refractivity contribution in [3.05, 3.63) is 23.0 Å². The quantitative estimate of drug-likeness (QED) is 0.784. The molecule has 1 fully saturated rings. The van der Waals surface area contributed by atoms with Crippen molar-refractivity contribution in [3.63, 3.8) is 0 Å². The van der Waals surface area contributed by atoms with E-state index in [0.29, 0.717) is 17.4 Å². The highest BCUT2D eigenvalue weighted by Crippen LogP contribution is 2.30. The summed E-state index contributed by atoms with van der Waals surface area (Å²) in [6.45, 7) is 2.27. The molecule has 0 atom stereocenters. The Morgan fingerprint density at radius 1 is 1.29 bits per heavy atom. The van der Waals surface area contributed by atoms with Crippen LogP contribution >= 0.6 is 11.6 Å². The second kappa shape index (κ2) is 5.13. The van der Waals surface area contributed by atoms with Gasteiger partial charge in [-0.1, -0.05) is 18.5 Å². The van der Waals surface area contributed by atoms with E-state index in [2.05, 4.69) is 12.2 Å². The zero-order valence-electron chi connectivity index (χ0n) is 9.97. The number of benzene rings is 1. The van der Waals surface area contributed by atoms with Crippen LogP contribution in [0.1, 0.15) is 32.6 Å². The molecule has 0 bridgehead atoms. The molecule has 2 nitrogen and oxygen atoms in total. The summed E-state index contributed by atoms with van der Waals surface area (Å²) in [6, 6.07) is 3.24. The Labute approximate surface area is 106 Å². The Hall–Kier alpha value is -0.960. The molecule has 0 radical (unpaired) electrons. The van der Waals surface area contributed by atoms with Crippen molar-refractivity contribution >= 4 is 23.0 Å². The van der Waals surface area contributed by atoms with Gasteiger partial charge in [-0.15, -0.1) is 0 Å². The Morgan fingerprint density at radius 3 is 2.59 bits per heavy atom. The summed E-state index contributed by atoms with van der Waals surface area (Å²) in [6.07, 6.45) is 4.66. The highest BCUT2D eigenvalue weighted by atomic mass is 35.5. The summed E-state index contributed by atoms with van der Waals surface area (Å²) in [5, 5.41) is 3.39. The monoisotopic (exact) mass is 256 g/mol. The van der Waals surface area contributed by atoms with E-state index in [1.165, 1.54) is 25.0 Å². The van der Waals surface area contributed by atoms with Crippen LogP contribution in [0.15, 0.2) is 12.1 Å². The summed E-state index contributed by atoms with van der Waals surface area (Å²) in [4.78, 5) is 0. The second-order valence-electron chi connectivity index (χ2n) is 4.95. The van der Waals surface area contributed by atoms with Crippen molar-refractivity contribution in [3.8, 4) is 0 Å². The lowest BCUT2D eigenvalue weighted by Crippen LogP contribution is -2.25. The van der Waals surface area contributed by atoms with E-state index in [1.807, 2.05) is 0 Å². The Kier molecular flexibility index (Phi) is 3.77. The molecular formula is C13H18ClFN2. The first-order valence-electron chi connectivity index (χ1n) is 6.07. The number of nitrogens with one attached hydrogen (secondary N) is 1. The number of nitrogen functional groups attached to an aromatic ring is 1. The SMILES string of the molecule is CC1CCC(Nc2cc(F)c(Cl)cc2N)CC1. The van der Waals surface area contributed by atoms with Crippen LogP contribution < -0.4 is 11.1 Å². The molecule has 0 amide bonds. The van der Waals surface area contributed by atoms with E-state index in [1.54, 1.807) is 0 Å². The zero-order valence-corrected chi connectivity index (χ0v) is 10.7. The van der Waals surface area contributed by atoms with Crippen LogP contribution in [0, 0.1) is 11.7 Å². The molecule has 4 heteroatoms. The maximum atomic E-state index is 13.3. The van der Waals surface area contributed by atoms with Crippen LogP contribution in [0.4, 0.5) is 15.8 Å². The topological polar surface area (TPSA) is 38.0 Å². The summed E-state index contributed by atoms with van der Waals surface area (Å²) < 4.78 is 13.3. The second-order valence-corrected chi connectivity index (χ2v) is 5.36. The van der Waals surface area contributed by atoms with Crippen molar-refractivity contribution < 1.29 is 4.39 Å². The van der Waals surface area contributed by atoms with Crippen LogP contribution in [0.25, 0.3) is 0 Å². The lowest BCUT2D eigenvalue weighted by molar-refractivity contribution is 0.361. The van der Waals surface area contributed by atoms with Gasteiger partial charge in [0.1, 0.15) is 5.82 Å². The Bertz CT molecular complexity index is 401. The third-order valence-electron chi connectivity index (χ3n) is 3.47. The molecule has 1 aromatic rings. The zero-order chi connectivity index (χ0) is 12.4. The molecule has 0 heterocycles. The third kappa shape index (κ3) is 3.03. The minimum absolute atomic E-state index is 0.0744. The average Bonchev–Trinajstić information content (AvgIpc) is 2.29. The predicted octanol–water partition coefficient (Wildman–Crippen LogP) is 4.05. The van der Waals surface area contributed by atoms with Crippen LogP contribution in [-0.2, 0) is 0 Å². The Balaban J connectivity index is 2.06. The van der Waals surface area contributed by atoms with E-state index >= 15 is 0 Å². The standard InChI is InChI=1S/C13H18ClFN2/c1-8-2-4-9(5-3-8)17-13-7-11(15)10(14)6-12(13)16/h6-9,17H,2-5,16H2,1H3. The summed E-state index contributed by atoms with van der Waals surface area (Å²) in [5.74, 6) is 0.375. The highest BCUT2D eigenvalue weighted by Gasteiger charge is 2.19.